The van der Waals surface area contributed by atoms with E-state index in [1.54, 1.807) is 31.3 Å². The number of amides is 4. The lowest BCUT2D eigenvalue weighted by molar-refractivity contribution is -0.135. The van der Waals surface area contributed by atoms with E-state index in [4.69, 9.17) is 9.84 Å². The number of aliphatic carboxylic acids is 1. The van der Waals surface area contributed by atoms with Crippen molar-refractivity contribution < 1.29 is 29.0 Å². The Morgan fingerprint density at radius 3 is 2.50 bits per heavy atom. The molecule has 4 rings (SSSR count). The number of aliphatic imine (C=N–C) groups is 1. The summed E-state index contributed by atoms with van der Waals surface area (Å²) in [5, 5.41) is 16.0. The van der Waals surface area contributed by atoms with Crippen molar-refractivity contribution in [2.24, 2.45) is 4.99 Å². The van der Waals surface area contributed by atoms with Crippen LogP contribution in [0.15, 0.2) is 83.9 Å². The van der Waals surface area contributed by atoms with Crippen LogP contribution in [-0.2, 0) is 20.9 Å². The van der Waals surface area contributed by atoms with Gasteiger partial charge in [0.25, 0.3) is 5.91 Å². The summed E-state index contributed by atoms with van der Waals surface area (Å²) in [6, 6.07) is 22.7. The molecule has 1 aliphatic rings. The minimum absolute atomic E-state index is 0.141. The summed E-state index contributed by atoms with van der Waals surface area (Å²) in [7, 11) is 1.63. The molecule has 3 aromatic rings. The van der Waals surface area contributed by atoms with E-state index in [0.717, 1.165) is 11.1 Å². The minimum atomic E-state index is -1.19. The van der Waals surface area contributed by atoms with Crippen LogP contribution in [0.1, 0.15) is 16.7 Å². The van der Waals surface area contributed by atoms with Gasteiger partial charge < -0.3 is 30.7 Å². The smallest absolute Gasteiger partial charge is 0.407 e. The number of hydrogen-bond acceptors (Lipinski definition) is 6. The topological polar surface area (TPSA) is 149 Å². The van der Waals surface area contributed by atoms with Crippen LogP contribution >= 0.6 is 0 Å². The number of carbonyl (C=O) groups is 4. The first-order valence-corrected chi connectivity index (χ1v) is 11.6. The molecule has 11 nitrogen and oxygen atoms in total. The third-order valence-corrected chi connectivity index (χ3v) is 5.60. The number of alkyl carbamates (subject to hydrolysis) is 1. The summed E-state index contributed by atoms with van der Waals surface area (Å²) in [6.45, 7) is -0.702. The SMILES string of the molecule is CN1C(=O)[C@H](NC(=O)Nc2cccc(COC(=O)NCC(=O)O)c2)N=C(c2ccccc2)c2ccccc21. The number of ether oxygens (including phenoxy) is 1. The third-order valence-electron chi connectivity index (χ3n) is 5.60. The molecule has 38 heavy (non-hydrogen) atoms. The number of carbonyl (C=O) groups excluding carboxylic acids is 3. The number of para-hydroxylation sites is 1. The molecule has 0 unspecified atom stereocenters. The van der Waals surface area contributed by atoms with Crippen molar-refractivity contribution in [3.05, 3.63) is 95.6 Å². The normalized spacial score (nSPS) is 14.4. The maximum atomic E-state index is 13.3. The Labute approximate surface area is 218 Å². The molecule has 194 valence electrons. The van der Waals surface area contributed by atoms with Crippen LogP contribution in [0.2, 0.25) is 0 Å². The maximum absolute atomic E-state index is 13.3. The summed E-state index contributed by atoms with van der Waals surface area (Å²) in [4.78, 5) is 54.3. The van der Waals surface area contributed by atoms with Gasteiger partial charge >= 0.3 is 18.1 Å². The third kappa shape index (κ3) is 6.32. The molecule has 0 bridgehead atoms. The van der Waals surface area contributed by atoms with Crippen molar-refractivity contribution in [1.82, 2.24) is 10.6 Å². The van der Waals surface area contributed by atoms with Gasteiger partial charge in [0.05, 0.1) is 11.4 Å². The second-order valence-electron chi connectivity index (χ2n) is 8.28. The Hall–Kier alpha value is -5.19. The number of benzodiazepines with no additional fused rings is 1. The summed E-state index contributed by atoms with van der Waals surface area (Å²) in [6.07, 6.45) is -2.07. The van der Waals surface area contributed by atoms with E-state index in [-0.39, 0.29) is 6.61 Å². The van der Waals surface area contributed by atoms with Gasteiger partial charge in [-0.2, -0.15) is 0 Å². The Morgan fingerprint density at radius 2 is 1.74 bits per heavy atom. The highest BCUT2D eigenvalue weighted by Crippen LogP contribution is 2.27. The van der Waals surface area contributed by atoms with E-state index in [9.17, 15) is 19.2 Å². The van der Waals surface area contributed by atoms with Crippen LogP contribution in [-0.4, -0.2) is 54.6 Å². The first-order chi connectivity index (χ1) is 18.3. The van der Waals surface area contributed by atoms with Crippen molar-refractivity contribution in [1.29, 1.82) is 0 Å². The van der Waals surface area contributed by atoms with Gasteiger partial charge in [-0.05, 0) is 23.8 Å². The number of nitrogens with one attached hydrogen (secondary N) is 3. The molecule has 3 aromatic carbocycles. The molecular weight excluding hydrogens is 490 g/mol. The number of rotatable bonds is 7. The molecule has 0 saturated carbocycles. The quantitative estimate of drug-likeness (QED) is 0.380. The van der Waals surface area contributed by atoms with Crippen LogP contribution in [0.4, 0.5) is 21.0 Å². The van der Waals surface area contributed by atoms with Crippen molar-refractivity contribution in [3.8, 4) is 0 Å². The van der Waals surface area contributed by atoms with Crippen LogP contribution < -0.4 is 20.9 Å². The molecule has 1 aliphatic heterocycles. The molecule has 4 amide bonds. The molecule has 11 heteroatoms. The summed E-state index contributed by atoms with van der Waals surface area (Å²) in [5.74, 6) is -1.60. The van der Waals surface area contributed by atoms with Gasteiger partial charge in [0.2, 0.25) is 6.17 Å². The molecular formula is C27H25N5O6. The molecule has 1 atom stereocenters. The van der Waals surface area contributed by atoms with Crippen LogP contribution in [0.3, 0.4) is 0 Å². The number of likely N-dealkylation sites (N-methyl/N-ethyl adjacent to an activating group) is 1. The highest BCUT2D eigenvalue weighted by atomic mass is 16.5. The molecule has 0 radical (unpaired) electrons. The molecule has 1 heterocycles. The monoisotopic (exact) mass is 515 g/mol. The van der Waals surface area contributed by atoms with Gasteiger partial charge in [-0.15, -0.1) is 0 Å². The molecule has 0 saturated heterocycles. The van der Waals surface area contributed by atoms with Gasteiger partial charge in [-0.1, -0.05) is 60.7 Å². The van der Waals surface area contributed by atoms with Gasteiger partial charge in [0, 0.05) is 23.9 Å². The lowest BCUT2D eigenvalue weighted by Gasteiger charge is -2.21. The average Bonchev–Trinajstić information content (AvgIpc) is 3.02. The summed E-state index contributed by atoms with van der Waals surface area (Å²) in [5.41, 5.74) is 3.75. The summed E-state index contributed by atoms with van der Waals surface area (Å²) < 4.78 is 4.97. The van der Waals surface area contributed by atoms with Crippen LogP contribution in [0.25, 0.3) is 0 Å². The van der Waals surface area contributed by atoms with Crippen molar-refractivity contribution >= 4 is 41.1 Å². The largest absolute Gasteiger partial charge is 0.480 e. The first-order valence-electron chi connectivity index (χ1n) is 11.6. The standard InChI is InChI=1S/C27H25N5O6/c1-32-21-13-6-5-12-20(21)23(18-9-3-2-4-10-18)30-24(25(32)35)31-26(36)29-19-11-7-8-17(14-19)16-38-27(37)28-15-22(33)34/h2-14,24H,15-16H2,1H3,(H,28,37)(H,33,34)(H2,29,31,36)/t24-/m0/s1. The molecule has 4 N–H and O–H groups in total. The predicted octanol–water partition coefficient (Wildman–Crippen LogP) is 2.96. The lowest BCUT2D eigenvalue weighted by Crippen LogP contribution is -2.47. The predicted molar refractivity (Wildman–Crippen MR) is 140 cm³/mol. The van der Waals surface area contributed by atoms with E-state index >= 15 is 0 Å². The fraction of sp³-hybridized carbons (Fsp3) is 0.148. The maximum Gasteiger partial charge on any atom is 0.407 e. The zero-order chi connectivity index (χ0) is 27.1. The number of carboxylic acids is 1. The Morgan fingerprint density at radius 1 is 1.00 bits per heavy atom. The van der Waals surface area contributed by atoms with Crippen molar-refractivity contribution in [2.75, 3.05) is 23.8 Å². The van der Waals surface area contributed by atoms with E-state index in [1.165, 1.54) is 4.90 Å². The zero-order valence-corrected chi connectivity index (χ0v) is 20.4. The van der Waals surface area contributed by atoms with E-state index in [0.29, 0.717) is 22.6 Å². The van der Waals surface area contributed by atoms with E-state index in [1.807, 2.05) is 54.6 Å². The number of fused-ring (bicyclic) bond motifs is 1. The van der Waals surface area contributed by atoms with Crippen molar-refractivity contribution in [2.45, 2.75) is 12.8 Å². The highest BCUT2D eigenvalue weighted by Gasteiger charge is 2.31. The lowest BCUT2D eigenvalue weighted by atomic mass is 10.0. The summed E-state index contributed by atoms with van der Waals surface area (Å²) >= 11 is 0. The molecule has 0 aliphatic carbocycles. The van der Waals surface area contributed by atoms with Crippen LogP contribution in [0.5, 0.6) is 0 Å². The molecule has 0 fully saturated rings. The molecule has 0 spiro atoms. The number of carboxylic acid groups (broad SMARTS) is 1. The van der Waals surface area contributed by atoms with E-state index < -0.39 is 36.7 Å². The fourth-order valence-corrected chi connectivity index (χ4v) is 3.82. The first kappa shape index (κ1) is 25.9. The van der Waals surface area contributed by atoms with Gasteiger partial charge in [-0.25, -0.2) is 14.6 Å². The Bertz CT molecular complexity index is 1390. The Kier molecular flexibility index (Phi) is 7.97. The second-order valence-corrected chi connectivity index (χ2v) is 8.28. The highest BCUT2D eigenvalue weighted by molar-refractivity contribution is 6.20. The number of hydrogen-bond donors (Lipinski definition) is 4. The van der Waals surface area contributed by atoms with Gasteiger partial charge in [-0.3, -0.25) is 9.59 Å². The fourth-order valence-electron chi connectivity index (χ4n) is 3.82. The Balaban J connectivity index is 1.48. The second kappa shape index (κ2) is 11.7. The zero-order valence-electron chi connectivity index (χ0n) is 20.4. The average molecular weight is 516 g/mol. The number of urea groups is 1. The van der Waals surface area contributed by atoms with E-state index in [2.05, 4.69) is 20.9 Å². The number of anilines is 2. The number of benzene rings is 3. The van der Waals surface area contributed by atoms with Gasteiger partial charge in [0.15, 0.2) is 0 Å². The van der Waals surface area contributed by atoms with Gasteiger partial charge in [0.1, 0.15) is 13.2 Å². The van der Waals surface area contributed by atoms with Crippen molar-refractivity contribution in [3.63, 3.8) is 0 Å². The van der Waals surface area contributed by atoms with Crippen LogP contribution in [0, 0.1) is 0 Å². The number of nitrogens with zero attached hydrogens (tertiary/aromatic N) is 2. The molecule has 0 aromatic heterocycles. The minimum Gasteiger partial charge on any atom is -0.480 e.